The lowest BCUT2D eigenvalue weighted by atomic mass is 10.1. The average molecular weight is 451 g/mol. The van der Waals surface area contributed by atoms with E-state index in [1.165, 1.54) is 0 Å². The summed E-state index contributed by atoms with van der Waals surface area (Å²) < 4.78 is 11.7. The van der Waals surface area contributed by atoms with Crippen molar-refractivity contribution >= 4 is 34.8 Å². The third-order valence-electron chi connectivity index (χ3n) is 4.31. The van der Waals surface area contributed by atoms with E-state index in [-0.39, 0.29) is 0 Å². The first kappa shape index (κ1) is 21.8. The summed E-state index contributed by atoms with van der Waals surface area (Å²) in [5.74, 6) is 1.38. The van der Waals surface area contributed by atoms with E-state index in [0.717, 1.165) is 21.7 Å². The smallest absolute Gasteiger partial charge is 0.161 e. The molecule has 3 rings (SSSR count). The van der Waals surface area contributed by atoms with E-state index < -0.39 is 0 Å². The van der Waals surface area contributed by atoms with Gasteiger partial charge in [0.15, 0.2) is 11.5 Å². The van der Waals surface area contributed by atoms with E-state index in [0.29, 0.717) is 47.8 Å². The molecule has 0 heterocycles. The predicted octanol–water partition coefficient (Wildman–Crippen LogP) is 6.91. The Hall–Kier alpha value is -1.91. The van der Waals surface area contributed by atoms with Gasteiger partial charge < -0.3 is 14.8 Å². The monoisotopic (exact) mass is 449 g/mol. The molecule has 0 aliphatic rings. The molecule has 3 aromatic rings. The standard InChI is InChI=1S/C23H22Cl3NO2/c1-2-28-23-11-16(13-27-14-17-5-3-4-6-20(17)25)7-10-22(23)29-15-18-8-9-19(24)12-21(18)26/h3-12,27H,2,13-15H2,1H3. The van der Waals surface area contributed by atoms with Crippen LogP contribution in [0.1, 0.15) is 23.6 Å². The molecular formula is C23H22Cl3NO2. The van der Waals surface area contributed by atoms with Crippen LogP contribution >= 0.6 is 34.8 Å². The molecule has 0 spiro atoms. The summed E-state index contributed by atoms with van der Waals surface area (Å²) >= 11 is 18.4. The summed E-state index contributed by atoms with van der Waals surface area (Å²) in [7, 11) is 0. The largest absolute Gasteiger partial charge is 0.490 e. The van der Waals surface area contributed by atoms with Gasteiger partial charge in [0.05, 0.1) is 6.61 Å². The molecule has 152 valence electrons. The molecule has 0 unspecified atom stereocenters. The third-order valence-corrected chi connectivity index (χ3v) is 5.26. The first-order chi connectivity index (χ1) is 14.1. The Labute approximate surface area is 186 Å². The number of hydrogen-bond donors (Lipinski definition) is 1. The van der Waals surface area contributed by atoms with Crippen molar-refractivity contribution in [2.45, 2.75) is 26.6 Å². The molecule has 0 saturated heterocycles. The van der Waals surface area contributed by atoms with Crippen LogP contribution < -0.4 is 14.8 Å². The van der Waals surface area contributed by atoms with Gasteiger partial charge in [-0.05, 0) is 48.4 Å². The molecular weight excluding hydrogens is 429 g/mol. The second-order valence-electron chi connectivity index (χ2n) is 6.43. The predicted molar refractivity (Wildman–Crippen MR) is 120 cm³/mol. The van der Waals surface area contributed by atoms with Gasteiger partial charge >= 0.3 is 0 Å². The molecule has 6 heteroatoms. The van der Waals surface area contributed by atoms with Gasteiger partial charge in [-0.3, -0.25) is 0 Å². The van der Waals surface area contributed by atoms with Gasteiger partial charge in [0.2, 0.25) is 0 Å². The topological polar surface area (TPSA) is 30.5 Å². The van der Waals surface area contributed by atoms with Crippen molar-refractivity contribution in [3.05, 3.63) is 92.4 Å². The molecule has 0 saturated carbocycles. The molecule has 3 nitrogen and oxygen atoms in total. The number of halogens is 3. The van der Waals surface area contributed by atoms with Crippen LogP contribution in [-0.4, -0.2) is 6.61 Å². The quantitative estimate of drug-likeness (QED) is 0.384. The van der Waals surface area contributed by atoms with Crippen LogP contribution in [0.5, 0.6) is 11.5 Å². The van der Waals surface area contributed by atoms with E-state index >= 15 is 0 Å². The van der Waals surface area contributed by atoms with Gasteiger partial charge in [-0.15, -0.1) is 0 Å². The fourth-order valence-electron chi connectivity index (χ4n) is 2.83. The van der Waals surface area contributed by atoms with Gasteiger partial charge in [0, 0.05) is 33.7 Å². The normalized spacial score (nSPS) is 10.8. The number of rotatable bonds is 9. The SMILES string of the molecule is CCOc1cc(CNCc2ccccc2Cl)ccc1OCc1ccc(Cl)cc1Cl. The molecule has 0 aliphatic carbocycles. The van der Waals surface area contributed by atoms with Gasteiger partial charge in [-0.1, -0.05) is 65.1 Å². The van der Waals surface area contributed by atoms with Crippen molar-refractivity contribution in [3.8, 4) is 11.5 Å². The van der Waals surface area contributed by atoms with Crippen molar-refractivity contribution in [2.24, 2.45) is 0 Å². The molecule has 0 fully saturated rings. The fraction of sp³-hybridized carbons (Fsp3) is 0.217. The van der Waals surface area contributed by atoms with Gasteiger partial charge in [0.25, 0.3) is 0 Å². The van der Waals surface area contributed by atoms with Crippen molar-refractivity contribution in [3.63, 3.8) is 0 Å². The maximum absolute atomic E-state index is 6.23. The molecule has 0 aliphatic heterocycles. The van der Waals surface area contributed by atoms with E-state index in [2.05, 4.69) is 5.32 Å². The Morgan fingerprint density at radius 1 is 0.759 bits per heavy atom. The zero-order valence-electron chi connectivity index (χ0n) is 16.1. The van der Waals surface area contributed by atoms with Crippen LogP contribution in [0.25, 0.3) is 0 Å². The zero-order chi connectivity index (χ0) is 20.6. The highest BCUT2D eigenvalue weighted by molar-refractivity contribution is 6.35. The highest BCUT2D eigenvalue weighted by atomic mass is 35.5. The second kappa shape index (κ2) is 10.7. The first-order valence-corrected chi connectivity index (χ1v) is 10.5. The summed E-state index contributed by atoms with van der Waals surface area (Å²) in [4.78, 5) is 0. The third kappa shape index (κ3) is 6.28. The summed E-state index contributed by atoms with van der Waals surface area (Å²) in [6, 6.07) is 19.1. The summed E-state index contributed by atoms with van der Waals surface area (Å²) in [5, 5.41) is 5.35. The Morgan fingerprint density at radius 3 is 2.34 bits per heavy atom. The highest BCUT2D eigenvalue weighted by Crippen LogP contribution is 2.30. The number of nitrogens with one attached hydrogen (secondary N) is 1. The summed E-state index contributed by atoms with van der Waals surface area (Å²) in [6.07, 6.45) is 0. The highest BCUT2D eigenvalue weighted by Gasteiger charge is 2.09. The number of ether oxygens (including phenoxy) is 2. The van der Waals surface area contributed by atoms with E-state index in [4.69, 9.17) is 44.3 Å². The van der Waals surface area contributed by atoms with Crippen LogP contribution in [0.4, 0.5) is 0 Å². The minimum absolute atomic E-state index is 0.334. The van der Waals surface area contributed by atoms with E-state index in [1.807, 2.05) is 55.5 Å². The second-order valence-corrected chi connectivity index (χ2v) is 7.68. The van der Waals surface area contributed by atoms with E-state index in [9.17, 15) is 0 Å². The van der Waals surface area contributed by atoms with Crippen LogP contribution in [0.3, 0.4) is 0 Å². The van der Waals surface area contributed by atoms with Gasteiger partial charge in [0.1, 0.15) is 6.61 Å². The fourth-order valence-corrected chi connectivity index (χ4v) is 3.49. The molecule has 29 heavy (non-hydrogen) atoms. The van der Waals surface area contributed by atoms with E-state index in [1.54, 1.807) is 12.1 Å². The van der Waals surface area contributed by atoms with Gasteiger partial charge in [-0.25, -0.2) is 0 Å². The maximum atomic E-state index is 6.23. The first-order valence-electron chi connectivity index (χ1n) is 9.33. The van der Waals surface area contributed by atoms with Crippen molar-refractivity contribution in [1.29, 1.82) is 0 Å². The molecule has 1 N–H and O–H groups in total. The average Bonchev–Trinajstić information content (AvgIpc) is 2.70. The maximum Gasteiger partial charge on any atom is 0.161 e. The van der Waals surface area contributed by atoms with Crippen molar-refractivity contribution < 1.29 is 9.47 Å². The van der Waals surface area contributed by atoms with Crippen molar-refractivity contribution in [2.75, 3.05) is 6.61 Å². The van der Waals surface area contributed by atoms with Crippen molar-refractivity contribution in [1.82, 2.24) is 5.32 Å². The summed E-state index contributed by atoms with van der Waals surface area (Å²) in [5.41, 5.74) is 3.03. The molecule has 0 radical (unpaired) electrons. The number of hydrogen-bond acceptors (Lipinski definition) is 3. The lowest BCUT2D eigenvalue weighted by Gasteiger charge is -2.14. The molecule has 0 bridgehead atoms. The van der Waals surface area contributed by atoms with Crippen LogP contribution in [0.2, 0.25) is 15.1 Å². The molecule has 0 aromatic heterocycles. The molecule has 0 amide bonds. The Morgan fingerprint density at radius 2 is 1.59 bits per heavy atom. The Balaban J connectivity index is 1.64. The Kier molecular flexibility index (Phi) is 8.08. The van der Waals surface area contributed by atoms with Crippen LogP contribution in [0.15, 0.2) is 60.7 Å². The lowest BCUT2D eigenvalue weighted by molar-refractivity contribution is 0.269. The van der Waals surface area contributed by atoms with Crippen LogP contribution in [0, 0.1) is 0 Å². The minimum Gasteiger partial charge on any atom is -0.490 e. The van der Waals surface area contributed by atoms with Crippen LogP contribution in [-0.2, 0) is 19.7 Å². The van der Waals surface area contributed by atoms with Gasteiger partial charge in [-0.2, -0.15) is 0 Å². The minimum atomic E-state index is 0.334. The lowest BCUT2D eigenvalue weighted by Crippen LogP contribution is -2.13. The summed E-state index contributed by atoms with van der Waals surface area (Å²) in [6.45, 7) is 4.21. The molecule has 0 atom stereocenters. The Bertz CT molecular complexity index is 963. The number of benzene rings is 3. The zero-order valence-corrected chi connectivity index (χ0v) is 18.3. The molecule has 3 aromatic carbocycles.